The van der Waals surface area contributed by atoms with Crippen LogP contribution >= 0.6 is 12.4 Å². The zero-order valence-electron chi connectivity index (χ0n) is 12.9. The van der Waals surface area contributed by atoms with E-state index in [1.54, 1.807) is 0 Å². The Morgan fingerprint density at radius 1 is 1.43 bits per heavy atom. The average molecular weight is 364 g/mol. The number of piperidine rings is 1. The van der Waals surface area contributed by atoms with Gasteiger partial charge >= 0.3 is 0 Å². The Hall–Kier alpha value is -1.35. The maximum Gasteiger partial charge on any atom is 0.252 e. The standard InChI is InChI=1S/C14H21N3O4S.ClH/c1-21-13-5-4-11(7-12(13)14(16)18)22(19,20)17-6-2-3-10(8-15)9-17;/h4-5,7,10H,2-3,6,8-9,15H2,1H3,(H2,16,18);1H. The van der Waals surface area contributed by atoms with Crippen molar-refractivity contribution in [1.29, 1.82) is 0 Å². The molecule has 1 aromatic rings. The summed E-state index contributed by atoms with van der Waals surface area (Å²) in [5, 5.41) is 0. The molecule has 0 aliphatic carbocycles. The van der Waals surface area contributed by atoms with Gasteiger partial charge in [-0.2, -0.15) is 4.31 Å². The number of hydrogen-bond donors (Lipinski definition) is 2. The van der Waals surface area contributed by atoms with Crippen molar-refractivity contribution in [1.82, 2.24) is 4.31 Å². The first kappa shape index (κ1) is 19.7. The molecule has 1 fully saturated rings. The molecule has 1 heterocycles. The number of nitrogens with two attached hydrogens (primary N) is 2. The molecule has 1 aliphatic heterocycles. The summed E-state index contributed by atoms with van der Waals surface area (Å²) in [5.74, 6) is -0.310. The fraction of sp³-hybridized carbons (Fsp3) is 0.500. The molecule has 23 heavy (non-hydrogen) atoms. The number of benzene rings is 1. The highest BCUT2D eigenvalue weighted by atomic mass is 35.5. The molecule has 1 aliphatic rings. The predicted molar refractivity (Wildman–Crippen MR) is 89.3 cm³/mol. The molecule has 1 saturated heterocycles. The average Bonchev–Trinajstić information content (AvgIpc) is 2.54. The van der Waals surface area contributed by atoms with Crippen molar-refractivity contribution in [2.45, 2.75) is 17.7 Å². The number of sulfonamides is 1. The van der Waals surface area contributed by atoms with E-state index < -0.39 is 15.9 Å². The SMILES string of the molecule is COc1ccc(S(=O)(=O)N2CCCC(CN)C2)cc1C(N)=O.Cl. The molecule has 0 spiro atoms. The van der Waals surface area contributed by atoms with Crippen molar-refractivity contribution in [3.05, 3.63) is 23.8 Å². The summed E-state index contributed by atoms with van der Waals surface area (Å²) in [6.45, 7) is 1.31. The molecule has 0 saturated carbocycles. The number of carbonyl (C=O) groups is 1. The van der Waals surface area contributed by atoms with Crippen LogP contribution in [-0.4, -0.2) is 45.4 Å². The van der Waals surface area contributed by atoms with Gasteiger partial charge in [-0.25, -0.2) is 8.42 Å². The third kappa shape index (κ3) is 4.14. The lowest BCUT2D eigenvalue weighted by Gasteiger charge is -2.31. The van der Waals surface area contributed by atoms with E-state index in [0.29, 0.717) is 19.6 Å². The highest BCUT2D eigenvalue weighted by Crippen LogP contribution is 2.27. The van der Waals surface area contributed by atoms with E-state index in [1.165, 1.54) is 29.6 Å². The quantitative estimate of drug-likeness (QED) is 0.793. The number of hydrogen-bond acceptors (Lipinski definition) is 5. The Morgan fingerprint density at radius 2 is 2.13 bits per heavy atom. The predicted octanol–water partition coefficient (Wildman–Crippen LogP) is 0.575. The third-order valence-corrected chi connectivity index (χ3v) is 5.75. The van der Waals surface area contributed by atoms with E-state index in [2.05, 4.69) is 0 Å². The summed E-state index contributed by atoms with van der Waals surface area (Å²) >= 11 is 0. The number of rotatable bonds is 5. The van der Waals surface area contributed by atoms with Crippen molar-refractivity contribution in [2.75, 3.05) is 26.7 Å². The molecule has 0 radical (unpaired) electrons. The topological polar surface area (TPSA) is 116 Å². The zero-order chi connectivity index (χ0) is 16.3. The fourth-order valence-corrected chi connectivity index (χ4v) is 4.21. The maximum atomic E-state index is 12.7. The van der Waals surface area contributed by atoms with Crippen molar-refractivity contribution >= 4 is 28.3 Å². The second-order valence-electron chi connectivity index (χ2n) is 5.33. The van der Waals surface area contributed by atoms with Crippen LogP contribution in [-0.2, 0) is 10.0 Å². The Kier molecular flexibility index (Phi) is 6.82. The molecule has 0 aromatic heterocycles. The summed E-state index contributed by atoms with van der Waals surface area (Å²) in [6, 6.07) is 4.13. The second-order valence-corrected chi connectivity index (χ2v) is 7.27. The van der Waals surface area contributed by atoms with Crippen LogP contribution in [0.1, 0.15) is 23.2 Å². The van der Waals surface area contributed by atoms with Gasteiger partial charge in [0.15, 0.2) is 0 Å². The van der Waals surface area contributed by atoms with E-state index in [4.69, 9.17) is 16.2 Å². The molecule has 1 amide bonds. The van der Waals surface area contributed by atoms with Crippen LogP contribution in [0.4, 0.5) is 0 Å². The molecule has 0 bridgehead atoms. The number of nitrogens with zero attached hydrogens (tertiary/aromatic N) is 1. The first-order valence-corrected chi connectivity index (χ1v) is 8.52. The summed E-state index contributed by atoms with van der Waals surface area (Å²) < 4.78 is 31.9. The maximum absolute atomic E-state index is 12.7. The van der Waals surface area contributed by atoms with Gasteiger partial charge in [-0.05, 0) is 43.5 Å². The summed E-state index contributed by atoms with van der Waals surface area (Å²) in [4.78, 5) is 11.5. The molecule has 130 valence electrons. The zero-order valence-corrected chi connectivity index (χ0v) is 14.5. The molecular formula is C14H22ClN3O4S. The molecule has 1 atom stereocenters. The Labute approximate surface area is 142 Å². The number of carbonyl (C=O) groups excluding carboxylic acids is 1. The van der Waals surface area contributed by atoms with Crippen molar-refractivity contribution in [3.8, 4) is 5.75 Å². The third-order valence-electron chi connectivity index (χ3n) is 3.89. The Morgan fingerprint density at radius 3 is 2.70 bits per heavy atom. The molecule has 1 unspecified atom stereocenters. The minimum absolute atomic E-state index is 0. The van der Waals surface area contributed by atoms with Gasteiger partial charge in [0.25, 0.3) is 5.91 Å². The first-order chi connectivity index (χ1) is 10.4. The van der Waals surface area contributed by atoms with Gasteiger partial charge in [-0.3, -0.25) is 4.79 Å². The van der Waals surface area contributed by atoms with Gasteiger partial charge in [0.1, 0.15) is 5.75 Å². The van der Waals surface area contributed by atoms with Gasteiger partial charge in [0, 0.05) is 13.1 Å². The van der Waals surface area contributed by atoms with Crippen molar-refractivity contribution in [2.24, 2.45) is 17.4 Å². The van der Waals surface area contributed by atoms with Crippen LogP contribution in [0.15, 0.2) is 23.1 Å². The molecular weight excluding hydrogens is 342 g/mol. The Balaban J connectivity index is 0.00000264. The number of primary amides is 1. The lowest BCUT2D eigenvalue weighted by molar-refractivity contribution is 0.0997. The highest BCUT2D eigenvalue weighted by molar-refractivity contribution is 7.89. The van der Waals surface area contributed by atoms with Gasteiger partial charge in [0.2, 0.25) is 10.0 Å². The van der Waals surface area contributed by atoms with Gasteiger partial charge in [-0.1, -0.05) is 0 Å². The molecule has 1 aromatic carbocycles. The second kappa shape index (κ2) is 7.96. The monoisotopic (exact) mass is 363 g/mol. The summed E-state index contributed by atoms with van der Waals surface area (Å²) in [6.07, 6.45) is 1.71. The van der Waals surface area contributed by atoms with Gasteiger partial charge in [-0.15, -0.1) is 12.4 Å². The van der Waals surface area contributed by atoms with E-state index in [1.807, 2.05) is 0 Å². The molecule has 9 heteroatoms. The number of halogens is 1. The summed E-state index contributed by atoms with van der Waals surface area (Å²) in [7, 11) is -2.28. The van der Waals surface area contributed by atoms with Crippen LogP contribution in [0.5, 0.6) is 5.75 Å². The van der Waals surface area contributed by atoms with Crippen LogP contribution in [0.25, 0.3) is 0 Å². The van der Waals surface area contributed by atoms with Crippen LogP contribution in [0, 0.1) is 5.92 Å². The smallest absolute Gasteiger partial charge is 0.252 e. The first-order valence-electron chi connectivity index (χ1n) is 7.08. The van der Waals surface area contributed by atoms with Crippen LogP contribution in [0.3, 0.4) is 0 Å². The number of methoxy groups -OCH3 is 1. The number of ether oxygens (including phenoxy) is 1. The van der Waals surface area contributed by atoms with E-state index in [9.17, 15) is 13.2 Å². The lowest BCUT2D eigenvalue weighted by atomic mass is 10.0. The minimum atomic E-state index is -3.67. The summed E-state index contributed by atoms with van der Waals surface area (Å²) in [5.41, 5.74) is 11.0. The van der Waals surface area contributed by atoms with Crippen LogP contribution in [0.2, 0.25) is 0 Å². The Bertz CT molecular complexity index is 666. The number of amides is 1. The molecule has 7 nitrogen and oxygen atoms in total. The van der Waals surface area contributed by atoms with E-state index >= 15 is 0 Å². The highest BCUT2D eigenvalue weighted by Gasteiger charge is 2.30. The fourth-order valence-electron chi connectivity index (χ4n) is 2.63. The normalized spacial score (nSPS) is 19.0. The van der Waals surface area contributed by atoms with Crippen molar-refractivity contribution < 1.29 is 17.9 Å². The van der Waals surface area contributed by atoms with Crippen LogP contribution < -0.4 is 16.2 Å². The van der Waals surface area contributed by atoms with Gasteiger partial charge in [0.05, 0.1) is 17.6 Å². The minimum Gasteiger partial charge on any atom is -0.496 e. The molecule has 2 rings (SSSR count). The largest absolute Gasteiger partial charge is 0.496 e. The van der Waals surface area contributed by atoms with E-state index in [-0.39, 0.29) is 34.5 Å². The van der Waals surface area contributed by atoms with E-state index in [0.717, 1.165) is 12.8 Å². The van der Waals surface area contributed by atoms with Gasteiger partial charge < -0.3 is 16.2 Å². The lowest BCUT2D eigenvalue weighted by Crippen LogP contribution is -2.42. The molecule has 4 N–H and O–H groups in total. The van der Waals surface area contributed by atoms with Crippen molar-refractivity contribution in [3.63, 3.8) is 0 Å².